The summed E-state index contributed by atoms with van der Waals surface area (Å²) in [5.74, 6) is 0.404. The van der Waals surface area contributed by atoms with Crippen LogP contribution in [0.3, 0.4) is 0 Å². The number of rotatable bonds is 1. The van der Waals surface area contributed by atoms with E-state index in [1.54, 1.807) is 6.33 Å². The largest absolute Gasteiger partial charge is 0.240 e. The van der Waals surface area contributed by atoms with Gasteiger partial charge in [-0.25, -0.2) is 9.97 Å². The SMILES string of the molecule is CC(C)c1ncnc2cc(Cl)ccc12. The zero-order chi connectivity index (χ0) is 10.1. The van der Waals surface area contributed by atoms with Crippen molar-refractivity contribution in [2.24, 2.45) is 0 Å². The Morgan fingerprint density at radius 3 is 2.71 bits per heavy atom. The van der Waals surface area contributed by atoms with E-state index >= 15 is 0 Å². The number of benzene rings is 1. The summed E-state index contributed by atoms with van der Waals surface area (Å²) in [6.45, 7) is 4.24. The predicted molar refractivity (Wildman–Crippen MR) is 58.6 cm³/mol. The lowest BCUT2D eigenvalue weighted by atomic mass is 10.1. The molecule has 0 saturated heterocycles. The monoisotopic (exact) mass is 206 g/mol. The molecule has 0 amide bonds. The third kappa shape index (κ3) is 1.58. The molecule has 3 heteroatoms. The maximum atomic E-state index is 5.89. The van der Waals surface area contributed by atoms with Crippen molar-refractivity contribution < 1.29 is 0 Å². The number of nitrogens with zero attached hydrogens (tertiary/aromatic N) is 2. The maximum absolute atomic E-state index is 5.89. The molecule has 0 spiro atoms. The Balaban J connectivity index is 2.75. The number of fused-ring (bicyclic) bond motifs is 1. The van der Waals surface area contributed by atoms with Crippen molar-refractivity contribution in [2.75, 3.05) is 0 Å². The summed E-state index contributed by atoms with van der Waals surface area (Å²) >= 11 is 5.89. The van der Waals surface area contributed by atoms with Crippen molar-refractivity contribution >= 4 is 22.5 Å². The van der Waals surface area contributed by atoms with E-state index < -0.39 is 0 Å². The van der Waals surface area contributed by atoms with Crippen LogP contribution in [0.25, 0.3) is 10.9 Å². The van der Waals surface area contributed by atoms with Crippen LogP contribution in [0.1, 0.15) is 25.5 Å². The molecule has 72 valence electrons. The van der Waals surface area contributed by atoms with Crippen LogP contribution in [0.2, 0.25) is 5.02 Å². The average molecular weight is 207 g/mol. The highest BCUT2D eigenvalue weighted by Crippen LogP contribution is 2.23. The molecule has 0 aliphatic rings. The maximum Gasteiger partial charge on any atom is 0.116 e. The lowest BCUT2D eigenvalue weighted by Crippen LogP contribution is -1.95. The number of hydrogen-bond acceptors (Lipinski definition) is 2. The molecule has 2 aromatic rings. The van der Waals surface area contributed by atoms with E-state index in [2.05, 4.69) is 23.8 Å². The number of aromatic nitrogens is 2. The standard InChI is InChI=1S/C11H11ClN2/c1-7(2)11-9-4-3-8(12)5-10(9)13-6-14-11/h3-7H,1-2H3. The Morgan fingerprint density at radius 1 is 1.21 bits per heavy atom. The Bertz CT molecular complexity index is 466. The Hall–Kier alpha value is -1.15. The minimum Gasteiger partial charge on any atom is -0.240 e. The van der Waals surface area contributed by atoms with Gasteiger partial charge in [-0.05, 0) is 24.1 Å². The van der Waals surface area contributed by atoms with Gasteiger partial charge in [0.25, 0.3) is 0 Å². The predicted octanol–water partition coefficient (Wildman–Crippen LogP) is 3.41. The van der Waals surface area contributed by atoms with Gasteiger partial charge >= 0.3 is 0 Å². The van der Waals surface area contributed by atoms with Gasteiger partial charge in [-0.2, -0.15) is 0 Å². The molecule has 2 rings (SSSR count). The third-order valence-electron chi connectivity index (χ3n) is 2.18. The van der Waals surface area contributed by atoms with E-state index in [0.29, 0.717) is 10.9 Å². The molecule has 0 atom stereocenters. The summed E-state index contributed by atoms with van der Waals surface area (Å²) in [5.41, 5.74) is 1.99. The van der Waals surface area contributed by atoms with Crippen LogP contribution in [-0.2, 0) is 0 Å². The lowest BCUT2D eigenvalue weighted by molar-refractivity contribution is 0.828. The van der Waals surface area contributed by atoms with Gasteiger partial charge in [-0.3, -0.25) is 0 Å². The van der Waals surface area contributed by atoms with E-state index in [1.165, 1.54) is 0 Å². The van der Waals surface area contributed by atoms with Crippen LogP contribution in [-0.4, -0.2) is 9.97 Å². The normalized spacial score (nSPS) is 11.1. The summed E-state index contributed by atoms with van der Waals surface area (Å²) in [7, 11) is 0. The van der Waals surface area contributed by atoms with Crippen LogP contribution in [0.15, 0.2) is 24.5 Å². The van der Waals surface area contributed by atoms with Crippen LogP contribution < -0.4 is 0 Å². The molecule has 0 saturated carbocycles. The molecule has 1 aromatic heterocycles. The molecule has 0 N–H and O–H groups in total. The zero-order valence-electron chi connectivity index (χ0n) is 8.16. The Kier molecular flexibility index (Phi) is 2.38. The van der Waals surface area contributed by atoms with Gasteiger partial charge in [0.1, 0.15) is 6.33 Å². The van der Waals surface area contributed by atoms with E-state index in [0.717, 1.165) is 16.6 Å². The van der Waals surface area contributed by atoms with Crippen LogP contribution >= 0.6 is 11.6 Å². The molecule has 0 unspecified atom stereocenters. The van der Waals surface area contributed by atoms with Gasteiger partial charge in [-0.1, -0.05) is 25.4 Å². The molecule has 2 nitrogen and oxygen atoms in total. The molecule has 0 fully saturated rings. The first kappa shape index (κ1) is 9.41. The quantitative estimate of drug-likeness (QED) is 0.715. The number of halogens is 1. The Labute approximate surface area is 88.0 Å². The highest BCUT2D eigenvalue weighted by molar-refractivity contribution is 6.31. The average Bonchev–Trinajstić information content (AvgIpc) is 2.16. The van der Waals surface area contributed by atoms with Crippen molar-refractivity contribution in [3.05, 3.63) is 35.2 Å². The minimum absolute atomic E-state index is 0.404. The molecular formula is C11H11ClN2. The summed E-state index contributed by atoms with van der Waals surface area (Å²) in [6, 6.07) is 5.72. The minimum atomic E-state index is 0.404. The van der Waals surface area contributed by atoms with Gasteiger partial charge in [0, 0.05) is 10.4 Å². The molecule has 0 bridgehead atoms. The first-order chi connectivity index (χ1) is 6.68. The highest BCUT2D eigenvalue weighted by Gasteiger charge is 2.06. The van der Waals surface area contributed by atoms with Crippen LogP contribution in [0.5, 0.6) is 0 Å². The smallest absolute Gasteiger partial charge is 0.116 e. The Morgan fingerprint density at radius 2 is 2.00 bits per heavy atom. The number of hydrogen-bond donors (Lipinski definition) is 0. The van der Waals surface area contributed by atoms with Gasteiger partial charge in [0.05, 0.1) is 11.2 Å². The zero-order valence-corrected chi connectivity index (χ0v) is 8.92. The molecule has 0 aliphatic heterocycles. The highest BCUT2D eigenvalue weighted by atomic mass is 35.5. The van der Waals surface area contributed by atoms with Crippen molar-refractivity contribution in [3.63, 3.8) is 0 Å². The molecule has 0 radical (unpaired) electrons. The fourth-order valence-electron chi connectivity index (χ4n) is 1.51. The summed E-state index contributed by atoms with van der Waals surface area (Å²) < 4.78 is 0. The summed E-state index contributed by atoms with van der Waals surface area (Å²) in [6.07, 6.45) is 1.59. The van der Waals surface area contributed by atoms with E-state index in [-0.39, 0.29) is 0 Å². The van der Waals surface area contributed by atoms with Crippen LogP contribution in [0, 0.1) is 0 Å². The van der Waals surface area contributed by atoms with E-state index in [1.807, 2.05) is 18.2 Å². The van der Waals surface area contributed by atoms with Gasteiger partial charge in [0.15, 0.2) is 0 Å². The van der Waals surface area contributed by atoms with Crippen LogP contribution in [0.4, 0.5) is 0 Å². The fourth-order valence-corrected chi connectivity index (χ4v) is 1.68. The van der Waals surface area contributed by atoms with E-state index in [9.17, 15) is 0 Å². The van der Waals surface area contributed by atoms with E-state index in [4.69, 9.17) is 11.6 Å². The topological polar surface area (TPSA) is 25.8 Å². The van der Waals surface area contributed by atoms with Gasteiger partial charge in [-0.15, -0.1) is 0 Å². The van der Waals surface area contributed by atoms with Crippen molar-refractivity contribution in [2.45, 2.75) is 19.8 Å². The molecular weight excluding hydrogens is 196 g/mol. The summed E-state index contributed by atoms with van der Waals surface area (Å²) in [4.78, 5) is 8.47. The second kappa shape index (κ2) is 3.54. The first-order valence-electron chi connectivity index (χ1n) is 4.58. The molecule has 1 heterocycles. The molecule has 14 heavy (non-hydrogen) atoms. The third-order valence-corrected chi connectivity index (χ3v) is 2.41. The van der Waals surface area contributed by atoms with Crippen molar-refractivity contribution in [1.29, 1.82) is 0 Å². The first-order valence-corrected chi connectivity index (χ1v) is 4.96. The fraction of sp³-hybridized carbons (Fsp3) is 0.273. The lowest BCUT2D eigenvalue weighted by Gasteiger charge is -2.07. The van der Waals surface area contributed by atoms with Crippen molar-refractivity contribution in [3.8, 4) is 0 Å². The van der Waals surface area contributed by atoms with Crippen molar-refractivity contribution in [1.82, 2.24) is 9.97 Å². The second-order valence-corrected chi connectivity index (χ2v) is 4.01. The van der Waals surface area contributed by atoms with Gasteiger partial charge < -0.3 is 0 Å². The molecule has 1 aromatic carbocycles. The summed E-state index contributed by atoms with van der Waals surface area (Å²) in [5, 5.41) is 1.80. The molecule has 0 aliphatic carbocycles. The van der Waals surface area contributed by atoms with Gasteiger partial charge in [0.2, 0.25) is 0 Å². The second-order valence-electron chi connectivity index (χ2n) is 3.58.